The minimum absolute atomic E-state index is 0.0221. The van der Waals surface area contributed by atoms with Gasteiger partial charge in [-0.3, -0.25) is 4.79 Å². The van der Waals surface area contributed by atoms with E-state index in [2.05, 4.69) is 6.07 Å². The van der Waals surface area contributed by atoms with E-state index in [0.717, 1.165) is 18.4 Å². The molecule has 0 bridgehead atoms. The third-order valence-corrected chi connectivity index (χ3v) is 4.60. The summed E-state index contributed by atoms with van der Waals surface area (Å²) >= 11 is 0. The maximum atomic E-state index is 13.3. The SMILES string of the molecule is Cc1cccc(C2CCCN2C(=O)CC(O)c2cccc(F)c2)c1. The monoisotopic (exact) mass is 327 g/mol. The summed E-state index contributed by atoms with van der Waals surface area (Å²) in [5.41, 5.74) is 2.75. The predicted octanol–water partition coefficient (Wildman–Crippen LogP) is 3.92. The molecule has 0 saturated carbocycles. The molecule has 2 aromatic carbocycles. The van der Waals surface area contributed by atoms with Crippen molar-refractivity contribution in [1.29, 1.82) is 0 Å². The molecule has 2 unspecified atom stereocenters. The average molecular weight is 327 g/mol. The van der Waals surface area contributed by atoms with E-state index in [4.69, 9.17) is 0 Å². The van der Waals surface area contributed by atoms with E-state index in [1.807, 2.05) is 30.0 Å². The standard InChI is InChI=1S/C20H22FNO2/c1-14-5-2-6-15(11-14)18-9-4-10-22(18)20(24)13-19(23)16-7-3-8-17(21)12-16/h2-3,5-8,11-12,18-19,23H,4,9-10,13H2,1H3. The molecule has 3 nitrogen and oxygen atoms in total. The van der Waals surface area contributed by atoms with Crippen LogP contribution in [0.2, 0.25) is 0 Å². The largest absolute Gasteiger partial charge is 0.388 e. The Hall–Kier alpha value is -2.20. The molecule has 0 aliphatic carbocycles. The number of rotatable bonds is 4. The minimum Gasteiger partial charge on any atom is -0.388 e. The summed E-state index contributed by atoms with van der Waals surface area (Å²) in [6, 6.07) is 14.1. The maximum absolute atomic E-state index is 13.3. The molecule has 1 heterocycles. The number of aryl methyl sites for hydroxylation is 1. The van der Waals surface area contributed by atoms with Crippen molar-refractivity contribution in [2.24, 2.45) is 0 Å². The maximum Gasteiger partial charge on any atom is 0.226 e. The number of hydrogen-bond donors (Lipinski definition) is 1. The van der Waals surface area contributed by atoms with Crippen LogP contribution < -0.4 is 0 Å². The Morgan fingerprint density at radius 2 is 2.08 bits per heavy atom. The van der Waals surface area contributed by atoms with Crippen LogP contribution >= 0.6 is 0 Å². The number of amides is 1. The number of carbonyl (C=O) groups is 1. The highest BCUT2D eigenvalue weighted by atomic mass is 19.1. The zero-order valence-electron chi connectivity index (χ0n) is 13.8. The second-order valence-electron chi connectivity index (χ2n) is 6.43. The Balaban J connectivity index is 1.72. The molecule has 1 fully saturated rings. The number of aliphatic hydroxyl groups excluding tert-OH is 1. The first-order valence-corrected chi connectivity index (χ1v) is 8.34. The number of hydrogen-bond acceptors (Lipinski definition) is 2. The molecule has 0 radical (unpaired) electrons. The van der Waals surface area contributed by atoms with Gasteiger partial charge < -0.3 is 10.0 Å². The van der Waals surface area contributed by atoms with Crippen LogP contribution in [-0.2, 0) is 4.79 Å². The quantitative estimate of drug-likeness (QED) is 0.924. The second kappa shape index (κ2) is 7.14. The van der Waals surface area contributed by atoms with Crippen molar-refractivity contribution >= 4 is 5.91 Å². The van der Waals surface area contributed by atoms with Crippen LogP contribution in [0.3, 0.4) is 0 Å². The molecule has 1 aliphatic heterocycles. The zero-order valence-corrected chi connectivity index (χ0v) is 13.8. The van der Waals surface area contributed by atoms with E-state index in [9.17, 15) is 14.3 Å². The molecular formula is C20H22FNO2. The van der Waals surface area contributed by atoms with Gasteiger partial charge in [0.2, 0.25) is 5.91 Å². The van der Waals surface area contributed by atoms with Crippen molar-refractivity contribution < 1.29 is 14.3 Å². The van der Waals surface area contributed by atoms with E-state index in [0.29, 0.717) is 12.1 Å². The lowest BCUT2D eigenvalue weighted by Gasteiger charge is -2.26. The number of aliphatic hydroxyl groups is 1. The first-order valence-electron chi connectivity index (χ1n) is 8.34. The molecule has 0 aromatic heterocycles. The Bertz CT molecular complexity index is 731. The molecule has 4 heteroatoms. The molecule has 126 valence electrons. The highest BCUT2D eigenvalue weighted by Gasteiger charge is 2.31. The van der Waals surface area contributed by atoms with Gasteiger partial charge in [-0.25, -0.2) is 4.39 Å². The third kappa shape index (κ3) is 3.65. The van der Waals surface area contributed by atoms with Gasteiger partial charge in [-0.05, 0) is 43.0 Å². The Morgan fingerprint density at radius 3 is 2.83 bits per heavy atom. The van der Waals surface area contributed by atoms with Crippen LogP contribution in [-0.4, -0.2) is 22.5 Å². The summed E-state index contributed by atoms with van der Waals surface area (Å²) in [6.45, 7) is 2.74. The normalized spacial score (nSPS) is 18.6. The fourth-order valence-corrected chi connectivity index (χ4v) is 3.40. The minimum atomic E-state index is -0.980. The van der Waals surface area contributed by atoms with Gasteiger partial charge >= 0.3 is 0 Å². The van der Waals surface area contributed by atoms with Gasteiger partial charge in [0.1, 0.15) is 5.82 Å². The molecule has 24 heavy (non-hydrogen) atoms. The summed E-state index contributed by atoms with van der Waals surface area (Å²) in [6.07, 6.45) is 0.893. The van der Waals surface area contributed by atoms with Gasteiger partial charge in [0.15, 0.2) is 0 Å². The van der Waals surface area contributed by atoms with Gasteiger partial charge in [0, 0.05) is 6.54 Å². The van der Waals surface area contributed by atoms with Gasteiger partial charge in [0.05, 0.1) is 18.6 Å². The first-order chi connectivity index (χ1) is 11.5. The summed E-state index contributed by atoms with van der Waals surface area (Å²) < 4.78 is 13.3. The van der Waals surface area contributed by atoms with E-state index in [-0.39, 0.29) is 18.4 Å². The highest BCUT2D eigenvalue weighted by Crippen LogP contribution is 2.33. The zero-order chi connectivity index (χ0) is 17.1. The van der Waals surface area contributed by atoms with Crippen molar-refractivity contribution in [3.63, 3.8) is 0 Å². The predicted molar refractivity (Wildman–Crippen MR) is 90.8 cm³/mol. The lowest BCUT2D eigenvalue weighted by Crippen LogP contribution is -2.31. The third-order valence-electron chi connectivity index (χ3n) is 4.60. The molecule has 1 aliphatic rings. The molecule has 1 saturated heterocycles. The van der Waals surface area contributed by atoms with E-state index >= 15 is 0 Å². The summed E-state index contributed by atoms with van der Waals surface area (Å²) in [5, 5.41) is 10.3. The molecule has 1 amide bonds. The molecule has 0 spiro atoms. The van der Waals surface area contributed by atoms with E-state index in [1.54, 1.807) is 12.1 Å². The van der Waals surface area contributed by atoms with Crippen molar-refractivity contribution in [3.8, 4) is 0 Å². The Labute approximate surface area is 141 Å². The molecular weight excluding hydrogens is 305 g/mol. The number of halogens is 1. The van der Waals surface area contributed by atoms with Gasteiger partial charge in [-0.1, -0.05) is 42.0 Å². The van der Waals surface area contributed by atoms with Gasteiger partial charge in [0.25, 0.3) is 0 Å². The lowest BCUT2D eigenvalue weighted by molar-refractivity contribution is -0.134. The number of carbonyl (C=O) groups excluding carboxylic acids is 1. The molecule has 3 rings (SSSR count). The molecule has 1 N–H and O–H groups in total. The van der Waals surface area contributed by atoms with Crippen LogP contribution in [0.15, 0.2) is 48.5 Å². The average Bonchev–Trinajstić information content (AvgIpc) is 3.04. The second-order valence-corrected chi connectivity index (χ2v) is 6.43. The van der Waals surface area contributed by atoms with Crippen LogP contribution in [0.5, 0.6) is 0 Å². The van der Waals surface area contributed by atoms with Crippen molar-refractivity contribution in [2.75, 3.05) is 6.54 Å². The van der Waals surface area contributed by atoms with Gasteiger partial charge in [-0.2, -0.15) is 0 Å². The fourth-order valence-electron chi connectivity index (χ4n) is 3.40. The summed E-state index contributed by atoms with van der Waals surface area (Å²) in [7, 11) is 0. The van der Waals surface area contributed by atoms with Crippen LogP contribution in [0, 0.1) is 12.7 Å². The number of benzene rings is 2. The summed E-state index contributed by atoms with van der Waals surface area (Å²) in [4.78, 5) is 14.5. The fraction of sp³-hybridized carbons (Fsp3) is 0.350. The van der Waals surface area contributed by atoms with Gasteiger partial charge in [-0.15, -0.1) is 0 Å². The smallest absolute Gasteiger partial charge is 0.226 e. The van der Waals surface area contributed by atoms with E-state index in [1.165, 1.54) is 17.7 Å². The number of likely N-dealkylation sites (tertiary alicyclic amines) is 1. The molecule has 2 atom stereocenters. The van der Waals surface area contributed by atoms with Crippen molar-refractivity contribution in [2.45, 2.75) is 38.3 Å². The number of nitrogens with zero attached hydrogens (tertiary/aromatic N) is 1. The molecule has 2 aromatic rings. The van der Waals surface area contributed by atoms with Crippen LogP contribution in [0.4, 0.5) is 4.39 Å². The van der Waals surface area contributed by atoms with Crippen LogP contribution in [0.25, 0.3) is 0 Å². The highest BCUT2D eigenvalue weighted by molar-refractivity contribution is 5.77. The Kier molecular flexibility index (Phi) is 4.95. The van der Waals surface area contributed by atoms with Crippen molar-refractivity contribution in [3.05, 3.63) is 71.0 Å². The van der Waals surface area contributed by atoms with E-state index < -0.39 is 11.9 Å². The topological polar surface area (TPSA) is 40.5 Å². The first kappa shape index (κ1) is 16.7. The van der Waals surface area contributed by atoms with Crippen LogP contribution in [0.1, 0.15) is 48.1 Å². The lowest BCUT2D eigenvalue weighted by atomic mass is 10.0. The summed E-state index contributed by atoms with van der Waals surface area (Å²) in [5.74, 6) is -0.492. The van der Waals surface area contributed by atoms with Crippen molar-refractivity contribution in [1.82, 2.24) is 4.90 Å². The Morgan fingerprint density at radius 1 is 1.29 bits per heavy atom.